The predicted molar refractivity (Wildman–Crippen MR) is 58.5 cm³/mol. The summed E-state index contributed by atoms with van der Waals surface area (Å²) in [5.74, 6) is -3.06. The molecule has 1 aromatic rings. The summed E-state index contributed by atoms with van der Waals surface area (Å²) in [5.41, 5.74) is 4.84. The Hall–Kier alpha value is -2.22. The minimum atomic E-state index is -1.16. The molecule has 7 nitrogen and oxygen atoms in total. The molecule has 1 unspecified atom stereocenters. The van der Waals surface area contributed by atoms with Crippen molar-refractivity contribution in [2.24, 2.45) is 5.73 Å². The first-order chi connectivity index (χ1) is 8.32. The van der Waals surface area contributed by atoms with E-state index in [-0.39, 0.29) is 18.4 Å². The van der Waals surface area contributed by atoms with Crippen LogP contribution >= 0.6 is 0 Å². The van der Waals surface area contributed by atoms with Crippen molar-refractivity contribution in [3.05, 3.63) is 33.6 Å². The van der Waals surface area contributed by atoms with Crippen molar-refractivity contribution in [3.8, 4) is 5.75 Å². The zero-order valence-electron chi connectivity index (χ0n) is 9.17. The molecule has 4 N–H and O–H groups in total. The fourth-order valence-corrected chi connectivity index (χ4v) is 1.43. The second-order valence-corrected chi connectivity index (χ2v) is 3.66. The van der Waals surface area contributed by atoms with Crippen LogP contribution in [0.4, 0.5) is 10.1 Å². The Morgan fingerprint density at radius 3 is 2.67 bits per heavy atom. The van der Waals surface area contributed by atoms with Gasteiger partial charge in [-0.25, -0.2) is 4.39 Å². The van der Waals surface area contributed by atoms with Crippen LogP contribution < -0.4 is 5.73 Å². The lowest BCUT2D eigenvalue weighted by molar-refractivity contribution is -0.385. The fraction of sp³-hybridized carbons (Fsp3) is 0.300. The Kier molecular flexibility index (Phi) is 4.16. The van der Waals surface area contributed by atoms with Crippen LogP contribution in [0.2, 0.25) is 0 Å². The Morgan fingerprint density at radius 2 is 2.17 bits per heavy atom. The number of carboxylic acid groups (broad SMARTS) is 1. The number of nitro groups is 1. The lowest BCUT2D eigenvalue weighted by Gasteiger charge is -2.12. The highest BCUT2D eigenvalue weighted by molar-refractivity contribution is 5.66. The van der Waals surface area contributed by atoms with Crippen molar-refractivity contribution < 1.29 is 24.3 Å². The molecule has 0 aromatic heterocycles. The van der Waals surface area contributed by atoms with Gasteiger partial charge >= 0.3 is 5.97 Å². The molecule has 0 bridgehead atoms. The summed E-state index contributed by atoms with van der Waals surface area (Å²) in [5, 5.41) is 28.4. The highest BCUT2D eigenvalue weighted by Crippen LogP contribution is 2.32. The van der Waals surface area contributed by atoms with Crippen molar-refractivity contribution in [3.63, 3.8) is 0 Å². The number of hydrogen-bond acceptors (Lipinski definition) is 5. The molecular formula is C10H11FN2O5. The van der Waals surface area contributed by atoms with Gasteiger partial charge in [0.15, 0.2) is 11.6 Å². The molecular weight excluding hydrogens is 247 g/mol. The number of hydrogen-bond donors (Lipinski definition) is 3. The summed E-state index contributed by atoms with van der Waals surface area (Å²) < 4.78 is 13.2. The van der Waals surface area contributed by atoms with E-state index in [1.807, 2.05) is 0 Å². The van der Waals surface area contributed by atoms with Crippen molar-refractivity contribution in [1.29, 1.82) is 0 Å². The number of carbonyl (C=O) groups is 1. The number of carboxylic acids is 1. The number of aromatic hydroxyl groups is 1. The quantitative estimate of drug-likeness (QED) is 0.539. The Labute approximate surface area is 101 Å². The number of halogens is 1. The smallest absolute Gasteiger partial charge is 0.303 e. The monoisotopic (exact) mass is 258 g/mol. The molecule has 0 spiro atoms. The summed E-state index contributed by atoms with van der Waals surface area (Å²) in [4.78, 5) is 20.1. The Balaban J connectivity index is 3.06. The zero-order valence-corrected chi connectivity index (χ0v) is 9.17. The van der Waals surface area contributed by atoms with E-state index in [0.29, 0.717) is 6.07 Å². The molecule has 1 rings (SSSR count). The standard InChI is InChI=1S/C10H11FN2O5/c11-7-4-5(13(17)18)3-6(10(7)16)8(12)1-2-9(14)15/h3-4,8,16H,1-2,12H2,(H,14,15). The maximum Gasteiger partial charge on any atom is 0.303 e. The molecule has 98 valence electrons. The Bertz CT molecular complexity index is 491. The van der Waals surface area contributed by atoms with Crippen molar-refractivity contribution in [1.82, 2.24) is 0 Å². The third kappa shape index (κ3) is 3.14. The maximum absolute atomic E-state index is 13.2. The average molecular weight is 258 g/mol. The van der Waals surface area contributed by atoms with Crippen LogP contribution in [-0.4, -0.2) is 21.1 Å². The van der Waals surface area contributed by atoms with Gasteiger partial charge in [-0.1, -0.05) is 0 Å². The number of benzene rings is 1. The largest absolute Gasteiger partial charge is 0.505 e. The first-order valence-corrected chi connectivity index (χ1v) is 4.97. The second kappa shape index (κ2) is 5.41. The van der Waals surface area contributed by atoms with E-state index >= 15 is 0 Å². The van der Waals surface area contributed by atoms with Gasteiger partial charge in [0.1, 0.15) is 0 Å². The minimum absolute atomic E-state index is 0.0660. The van der Waals surface area contributed by atoms with Crippen molar-refractivity contribution in [2.75, 3.05) is 0 Å². The van der Waals surface area contributed by atoms with Gasteiger partial charge < -0.3 is 15.9 Å². The highest BCUT2D eigenvalue weighted by Gasteiger charge is 2.20. The molecule has 18 heavy (non-hydrogen) atoms. The normalized spacial score (nSPS) is 12.1. The summed E-state index contributed by atoms with van der Waals surface area (Å²) in [6.07, 6.45) is -0.353. The van der Waals surface area contributed by atoms with E-state index in [1.165, 1.54) is 0 Å². The van der Waals surface area contributed by atoms with E-state index in [2.05, 4.69) is 0 Å². The van der Waals surface area contributed by atoms with Crippen LogP contribution in [0.5, 0.6) is 5.75 Å². The van der Waals surface area contributed by atoms with Crippen molar-refractivity contribution >= 4 is 11.7 Å². The zero-order chi connectivity index (χ0) is 13.9. The molecule has 0 amide bonds. The van der Waals surface area contributed by atoms with Crippen LogP contribution in [0.1, 0.15) is 24.4 Å². The van der Waals surface area contributed by atoms with Crippen LogP contribution in [0.3, 0.4) is 0 Å². The van der Waals surface area contributed by atoms with E-state index in [0.717, 1.165) is 6.07 Å². The average Bonchev–Trinajstić information content (AvgIpc) is 2.29. The first kappa shape index (κ1) is 13.8. The number of phenols is 1. The first-order valence-electron chi connectivity index (χ1n) is 4.97. The highest BCUT2D eigenvalue weighted by atomic mass is 19.1. The van der Waals surface area contributed by atoms with E-state index in [1.54, 1.807) is 0 Å². The molecule has 1 atom stereocenters. The molecule has 0 aliphatic rings. The number of non-ortho nitro benzene ring substituents is 1. The molecule has 0 fully saturated rings. The SMILES string of the molecule is NC(CCC(=O)O)c1cc([N+](=O)[O-])cc(F)c1O. The van der Waals surface area contributed by atoms with Gasteiger partial charge in [-0.3, -0.25) is 14.9 Å². The van der Waals surface area contributed by atoms with E-state index in [4.69, 9.17) is 10.8 Å². The predicted octanol–water partition coefficient (Wildman–Crippen LogP) is 1.30. The van der Waals surface area contributed by atoms with Crippen LogP contribution in [0, 0.1) is 15.9 Å². The molecule has 0 heterocycles. The molecule has 0 radical (unpaired) electrons. The number of nitrogens with zero attached hydrogens (tertiary/aromatic N) is 1. The van der Waals surface area contributed by atoms with Gasteiger partial charge in [0, 0.05) is 24.1 Å². The molecule has 0 saturated carbocycles. The van der Waals surface area contributed by atoms with Crippen LogP contribution in [0.25, 0.3) is 0 Å². The summed E-state index contributed by atoms with van der Waals surface area (Å²) in [6, 6.07) is 0.517. The van der Waals surface area contributed by atoms with Gasteiger partial charge in [0.25, 0.3) is 5.69 Å². The van der Waals surface area contributed by atoms with Gasteiger partial charge in [-0.05, 0) is 6.42 Å². The molecule has 0 aliphatic carbocycles. The van der Waals surface area contributed by atoms with Crippen LogP contribution in [-0.2, 0) is 4.79 Å². The van der Waals surface area contributed by atoms with E-state index in [9.17, 15) is 24.4 Å². The van der Waals surface area contributed by atoms with Gasteiger partial charge in [0.2, 0.25) is 0 Å². The number of nitrogens with two attached hydrogens (primary N) is 1. The molecule has 0 saturated heterocycles. The number of rotatable bonds is 5. The fourth-order valence-electron chi connectivity index (χ4n) is 1.43. The third-order valence-corrected chi connectivity index (χ3v) is 2.36. The second-order valence-electron chi connectivity index (χ2n) is 3.66. The molecule has 0 aliphatic heterocycles. The van der Waals surface area contributed by atoms with Gasteiger partial charge in [-0.2, -0.15) is 0 Å². The number of aliphatic carboxylic acids is 1. The van der Waals surface area contributed by atoms with Crippen molar-refractivity contribution in [2.45, 2.75) is 18.9 Å². The lowest BCUT2D eigenvalue weighted by atomic mass is 10.0. The number of phenolic OH excluding ortho intramolecular Hbond substituents is 1. The minimum Gasteiger partial charge on any atom is -0.505 e. The van der Waals surface area contributed by atoms with E-state index < -0.39 is 34.2 Å². The summed E-state index contributed by atoms with van der Waals surface area (Å²) >= 11 is 0. The molecule has 1 aromatic carbocycles. The van der Waals surface area contributed by atoms with Gasteiger partial charge in [-0.15, -0.1) is 0 Å². The third-order valence-electron chi connectivity index (χ3n) is 2.36. The Morgan fingerprint density at radius 1 is 1.56 bits per heavy atom. The number of nitro benzene ring substituents is 1. The maximum atomic E-state index is 13.2. The van der Waals surface area contributed by atoms with Crippen LogP contribution in [0.15, 0.2) is 12.1 Å². The summed E-state index contributed by atoms with van der Waals surface area (Å²) in [6.45, 7) is 0. The van der Waals surface area contributed by atoms with Gasteiger partial charge in [0.05, 0.1) is 11.0 Å². The topological polar surface area (TPSA) is 127 Å². The lowest BCUT2D eigenvalue weighted by Crippen LogP contribution is -2.13. The molecule has 8 heteroatoms. The summed E-state index contributed by atoms with van der Waals surface area (Å²) in [7, 11) is 0.